The number of esters is 1. The smallest absolute Gasteiger partial charge is 0.331 e. The van der Waals surface area contributed by atoms with Crippen molar-refractivity contribution >= 4 is 12.2 Å². The average molecular weight is 573 g/mol. The Hall–Kier alpha value is -1.87. The Morgan fingerprint density at radius 1 is 1.15 bits per heavy atom. The van der Waals surface area contributed by atoms with Crippen molar-refractivity contribution in [3.8, 4) is 6.07 Å². The fourth-order valence-corrected chi connectivity index (χ4v) is 10.0. The van der Waals surface area contributed by atoms with Gasteiger partial charge in [0.05, 0.1) is 35.6 Å². The summed E-state index contributed by atoms with van der Waals surface area (Å²) in [6, 6.07) is 2.09. The van der Waals surface area contributed by atoms with E-state index in [0.717, 1.165) is 24.8 Å². The number of hydrogen-bond acceptors (Lipinski definition) is 10. The summed E-state index contributed by atoms with van der Waals surface area (Å²) < 4.78 is 17.3. The highest BCUT2D eigenvalue weighted by Crippen LogP contribution is 2.70. The van der Waals surface area contributed by atoms with Gasteiger partial charge >= 0.3 is 5.97 Å². The van der Waals surface area contributed by atoms with E-state index in [1.165, 1.54) is 0 Å². The van der Waals surface area contributed by atoms with Crippen molar-refractivity contribution in [1.29, 1.82) is 5.26 Å². The number of aliphatic hydroxyl groups excluding tert-OH is 2. The molecule has 0 aromatic heterocycles. The summed E-state index contributed by atoms with van der Waals surface area (Å²) in [6.45, 7) is 4.19. The van der Waals surface area contributed by atoms with Crippen LogP contribution >= 0.6 is 0 Å². The van der Waals surface area contributed by atoms with Gasteiger partial charge in [0, 0.05) is 36.0 Å². The summed E-state index contributed by atoms with van der Waals surface area (Å²) in [5, 5.41) is 54.5. The van der Waals surface area contributed by atoms with Crippen LogP contribution in [0, 0.1) is 39.9 Å². The Labute approximate surface area is 241 Å². The van der Waals surface area contributed by atoms with Gasteiger partial charge in [-0.1, -0.05) is 6.92 Å². The Morgan fingerprint density at radius 2 is 1.93 bits per heavy atom. The fraction of sp³-hybridized carbons (Fsp3) is 0.839. The third kappa shape index (κ3) is 4.42. The Morgan fingerprint density at radius 3 is 2.63 bits per heavy atom. The van der Waals surface area contributed by atoms with Crippen LogP contribution in [0.3, 0.4) is 0 Å². The van der Waals surface area contributed by atoms with Crippen LogP contribution < -0.4 is 0 Å². The number of carbonyl (C=O) groups excluding carboxylic acids is 1. The first-order valence-electron chi connectivity index (χ1n) is 15.3. The van der Waals surface area contributed by atoms with Crippen LogP contribution in [-0.4, -0.2) is 87.7 Å². The van der Waals surface area contributed by atoms with E-state index < -0.39 is 46.6 Å². The Kier molecular flexibility index (Phi) is 7.40. The molecule has 4 aliphatic carbocycles. The zero-order valence-electron chi connectivity index (χ0n) is 24.1. The third-order valence-corrected chi connectivity index (χ3v) is 12.1. The van der Waals surface area contributed by atoms with Gasteiger partial charge in [-0.05, 0) is 81.6 Å². The van der Waals surface area contributed by atoms with Crippen LogP contribution in [0.15, 0.2) is 16.6 Å². The monoisotopic (exact) mass is 572 g/mol. The average Bonchev–Trinajstić information content (AvgIpc) is 3.47. The molecule has 0 amide bonds. The van der Waals surface area contributed by atoms with E-state index >= 15 is 0 Å². The van der Waals surface area contributed by atoms with Gasteiger partial charge in [0.15, 0.2) is 6.29 Å². The van der Waals surface area contributed by atoms with Gasteiger partial charge in [-0.15, -0.1) is 0 Å². The maximum atomic E-state index is 12.5. The topological polar surface area (TPSA) is 162 Å². The molecule has 10 nitrogen and oxygen atoms in total. The van der Waals surface area contributed by atoms with Crippen molar-refractivity contribution < 1.29 is 39.4 Å². The molecule has 0 spiro atoms. The summed E-state index contributed by atoms with van der Waals surface area (Å²) in [4.78, 5) is 16.4. The lowest BCUT2D eigenvalue weighted by Crippen LogP contribution is -2.69. The maximum absolute atomic E-state index is 12.5. The van der Waals surface area contributed by atoms with E-state index in [4.69, 9.17) is 14.2 Å². The van der Waals surface area contributed by atoms with Gasteiger partial charge in [0.25, 0.3) is 0 Å². The summed E-state index contributed by atoms with van der Waals surface area (Å²) in [6.07, 6.45) is 5.97. The van der Waals surface area contributed by atoms with E-state index in [0.29, 0.717) is 45.1 Å². The number of aliphatic hydroxyl groups is 4. The molecule has 2 aliphatic heterocycles. The minimum Gasteiger partial charge on any atom is -0.458 e. The highest BCUT2D eigenvalue weighted by atomic mass is 16.7. The van der Waals surface area contributed by atoms with Crippen molar-refractivity contribution in [1.82, 2.24) is 0 Å². The van der Waals surface area contributed by atoms with Crippen molar-refractivity contribution in [2.75, 3.05) is 13.2 Å². The number of carbonyl (C=O) groups is 1. The molecule has 4 N–H and O–H groups in total. The largest absolute Gasteiger partial charge is 0.458 e. The van der Waals surface area contributed by atoms with Gasteiger partial charge in [0.1, 0.15) is 19.3 Å². The third-order valence-electron chi connectivity index (χ3n) is 12.1. The molecule has 0 bridgehead atoms. The number of hydrogen-bond donors (Lipinski definition) is 4. The first-order chi connectivity index (χ1) is 19.5. The second-order valence-corrected chi connectivity index (χ2v) is 13.8. The molecule has 41 heavy (non-hydrogen) atoms. The van der Waals surface area contributed by atoms with Gasteiger partial charge in [0.2, 0.25) is 0 Å². The van der Waals surface area contributed by atoms with Crippen molar-refractivity contribution in [2.24, 2.45) is 33.6 Å². The predicted octanol–water partition coefficient (Wildman–Crippen LogP) is 2.17. The van der Waals surface area contributed by atoms with E-state index in [-0.39, 0.29) is 42.8 Å². The highest BCUT2D eigenvalue weighted by Gasteiger charge is 2.71. The van der Waals surface area contributed by atoms with Gasteiger partial charge < -0.3 is 34.6 Å². The van der Waals surface area contributed by atoms with Crippen LogP contribution in [0.5, 0.6) is 0 Å². The van der Waals surface area contributed by atoms with Crippen molar-refractivity contribution in [3.05, 3.63) is 11.6 Å². The molecular formula is C31H44N2O8. The van der Waals surface area contributed by atoms with Gasteiger partial charge in [-0.25, -0.2) is 4.79 Å². The molecule has 226 valence electrons. The summed E-state index contributed by atoms with van der Waals surface area (Å²) in [5.74, 6) is -0.282. The fourth-order valence-electron chi connectivity index (χ4n) is 10.0. The molecule has 2 heterocycles. The maximum Gasteiger partial charge on any atom is 0.331 e. The van der Waals surface area contributed by atoms with Crippen LogP contribution in [0.25, 0.3) is 0 Å². The molecule has 12 atom stereocenters. The minimum absolute atomic E-state index is 0.00933. The van der Waals surface area contributed by atoms with Crippen LogP contribution in [0.1, 0.15) is 78.1 Å². The van der Waals surface area contributed by atoms with Crippen molar-refractivity contribution in [3.63, 3.8) is 0 Å². The molecule has 6 rings (SSSR count). The number of aliphatic imine (C=N–C) groups is 1. The van der Waals surface area contributed by atoms with Crippen LogP contribution in [0.2, 0.25) is 0 Å². The quantitative estimate of drug-likeness (QED) is 0.167. The molecule has 0 radical (unpaired) electrons. The van der Waals surface area contributed by atoms with Gasteiger partial charge in [-0.3, -0.25) is 4.99 Å². The molecule has 6 aliphatic rings. The number of fused-ring (bicyclic) bond motifs is 5. The zero-order chi connectivity index (χ0) is 29.2. The second kappa shape index (κ2) is 10.4. The van der Waals surface area contributed by atoms with E-state index in [9.17, 15) is 30.5 Å². The van der Waals surface area contributed by atoms with Crippen LogP contribution in [0.4, 0.5) is 0 Å². The number of cyclic esters (lactones) is 1. The molecule has 0 unspecified atom stereocenters. The SMILES string of the molecule is C[C@@H]1O[C@H](O[C@H]2CC[C@]3(C=NCC#N)[C@H]4CC[C@]5(C)[C@@H](C6=CC(=O)OC6)CC[C@]5(O)[C@@H]4CC[C@]3(O)C2)C[C@H](O)[C@H]1O. The molecule has 10 heteroatoms. The standard InChI is InChI=1S/C31H44N2O8/c1-18-27(36)24(34)14-26(40-18)41-20-3-8-29(17-33-12-11-32)22-4-7-28(2)21(19-13-25(35)39-16-19)6-10-31(28,38)23(22)5-9-30(29,37)15-20/h13,17-18,20-24,26-27,34,36-38H,3-10,12,14-16H2,1-2H3/t18-,20-,21+,22-,23+,24-,26+,27-,28+,29-,30-,31-/m0/s1. The number of nitrogens with zero attached hydrogens (tertiary/aromatic N) is 2. The summed E-state index contributed by atoms with van der Waals surface area (Å²) >= 11 is 0. The van der Waals surface area contributed by atoms with E-state index in [1.807, 2.05) is 6.21 Å². The molecule has 4 saturated carbocycles. The van der Waals surface area contributed by atoms with Crippen molar-refractivity contribution in [2.45, 2.75) is 120 Å². The molecule has 0 aromatic carbocycles. The molecular weight excluding hydrogens is 528 g/mol. The molecule has 5 fully saturated rings. The lowest BCUT2D eigenvalue weighted by atomic mass is 9.41. The molecule has 0 aromatic rings. The number of nitriles is 1. The zero-order valence-corrected chi connectivity index (χ0v) is 24.1. The minimum atomic E-state index is -1.13. The lowest BCUT2D eigenvalue weighted by Gasteiger charge is -2.66. The van der Waals surface area contributed by atoms with E-state index in [2.05, 4.69) is 18.0 Å². The highest BCUT2D eigenvalue weighted by molar-refractivity contribution is 5.85. The summed E-state index contributed by atoms with van der Waals surface area (Å²) in [5.41, 5.74) is -2.19. The number of ether oxygens (including phenoxy) is 3. The number of rotatable bonds is 5. The lowest BCUT2D eigenvalue weighted by molar-refractivity contribution is -0.282. The molecule has 1 saturated heterocycles. The summed E-state index contributed by atoms with van der Waals surface area (Å²) in [7, 11) is 0. The first kappa shape index (κ1) is 29.2. The predicted molar refractivity (Wildman–Crippen MR) is 146 cm³/mol. The normalized spacial score (nSPS) is 51.3. The van der Waals surface area contributed by atoms with Crippen LogP contribution in [-0.2, 0) is 19.0 Å². The second-order valence-electron chi connectivity index (χ2n) is 13.8. The van der Waals surface area contributed by atoms with Gasteiger partial charge in [-0.2, -0.15) is 5.26 Å². The Balaban J connectivity index is 1.26. The van der Waals surface area contributed by atoms with E-state index in [1.54, 1.807) is 13.0 Å². The Bertz CT molecular complexity index is 1140. The first-order valence-corrected chi connectivity index (χ1v) is 15.3.